The van der Waals surface area contributed by atoms with Gasteiger partial charge in [0.1, 0.15) is 0 Å². The molecule has 0 fully saturated rings. The van der Waals surface area contributed by atoms with E-state index in [2.05, 4.69) is 54.1 Å². The highest BCUT2D eigenvalue weighted by atomic mass is 16.4. The van der Waals surface area contributed by atoms with Crippen LogP contribution < -0.4 is 16.0 Å². The maximum atomic E-state index is 12.0. The summed E-state index contributed by atoms with van der Waals surface area (Å²) >= 11 is 0. The van der Waals surface area contributed by atoms with Gasteiger partial charge in [0.15, 0.2) is 0 Å². The van der Waals surface area contributed by atoms with E-state index in [1.807, 2.05) is 0 Å². The first-order valence-electron chi connectivity index (χ1n) is 20.7. The second-order valence-electron chi connectivity index (χ2n) is 13.6. The Morgan fingerprint density at radius 2 is 0.694 bits per heavy atom. The summed E-state index contributed by atoms with van der Waals surface area (Å²) in [6, 6.07) is 0. The lowest BCUT2D eigenvalue weighted by molar-refractivity contribution is -0.134. The number of allylic oxidation sites excluding steroid dienone is 4. The molecule has 0 spiro atoms. The summed E-state index contributed by atoms with van der Waals surface area (Å²) in [5.74, 6) is -0.523. The predicted molar refractivity (Wildman–Crippen MR) is 211 cm³/mol. The Hall–Kier alpha value is -2.15. The molecule has 7 heteroatoms. The first kappa shape index (κ1) is 49.0. The van der Waals surface area contributed by atoms with E-state index < -0.39 is 5.97 Å². The number of carboxylic acid groups (broad SMARTS) is 1. The van der Waals surface area contributed by atoms with E-state index in [9.17, 15) is 9.59 Å². The molecule has 0 aromatic carbocycles. The van der Waals surface area contributed by atoms with Crippen molar-refractivity contribution in [3.63, 3.8) is 0 Å². The van der Waals surface area contributed by atoms with E-state index in [4.69, 9.17) is 9.90 Å². The summed E-state index contributed by atoms with van der Waals surface area (Å²) in [7, 11) is 0. The third-order valence-electron chi connectivity index (χ3n) is 8.58. The minimum absolute atomic E-state index is 0.155. The van der Waals surface area contributed by atoms with E-state index in [0.29, 0.717) is 25.9 Å². The van der Waals surface area contributed by atoms with Crippen molar-refractivity contribution < 1.29 is 19.5 Å². The number of carboxylic acids is 1. The topological polar surface area (TPSA) is 108 Å². The Balaban J connectivity index is 0. The number of hydrogen-bond donors (Lipinski definition) is 4. The van der Waals surface area contributed by atoms with Crippen molar-refractivity contribution in [1.29, 1.82) is 0 Å². The molecule has 0 atom stereocenters. The van der Waals surface area contributed by atoms with E-state index >= 15 is 0 Å². The van der Waals surface area contributed by atoms with Gasteiger partial charge in [0, 0.05) is 45.9 Å². The lowest BCUT2D eigenvalue weighted by Crippen LogP contribution is -2.36. The fraction of sp³-hybridized carbons (Fsp3) is 0.833. The highest BCUT2D eigenvalue weighted by Gasteiger charge is 2.02. The van der Waals surface area contributed by atoms with Crippen molar-refractivity contribution in [3.8, 4) is 0 Å². The molecule has 288 valence electrons. The highest BCUT2D eigenvalue weighted by molar-refractivity contribution is 5.76. The van der Waals surface area contributed by atoms with Crippen LogP contribution in [0.3, 0.4) is 0 Å². The predicted octanol–water partition coefficient (Wildman–Crippen LogP) is 11.0. The molecule has 0 bridgehead atoms. The van der Waals surface area contributed by atoms with Gasteiger partial charge in [-0.15, -0.1) is 0 Å². The molecule has 0 rings (SSSR count). The monoisotopic (exact) mass is 692 g/mol. The van der Waals surface area contributed by atoms with Gasteiger partial charge >= 0.3 is 0 Å². The molecule has 0 unspecified atom stereocenters. The lowest BCUT2D eigenvalue weighted by Gasteiger charge is -2.08. The molecule has 49 heavy (non-hydrogen) atoms. The molecule has 0 aromatic rings. The van der Waals surface area contributed by atoms with Gasteiger partial charge in [-0.2, -0.15) is 0 Å². The molecule has 0 radical (unpaired) electrons. The van der Waals surface area contributed by atoms with Crippen LogP contribution in [0, 0.1) is 0 Å². The number of hydrogen-bond acceptors (Lipinski definition) is 4. The largest absolute Gasteiger partial charge is 0.481 e. The van der Waals surface area contributed by atoms with Crippen LogP contribution in [0.4, 0.5) is 0 Å². The SMILES string of the molecule is CC(=O)O.CCCCCCCCC=CCCCCCCCC(=O)NCCNCCNC(=O)CCCCCCCC=CCCCCCCCC. The van der Waals surface area contributed by atoms with Gasteiger partial charge < -0.3 is 21.1 Å². The molecule has 0 saturated heterocycles. The number of nitrogens with one attached hydrogen (secondary N) is 3. The van der Waals surface area contributed by atoms with E-state index in [1.165, 1.54) is 141 Å². The van der Waals surface area contributed by atoms with Gasteiger partial charge in [-0.3, -0.25) is 14.4 Å². The smallest absolute Gasteiger partial charge is 0.300 e. The van der Waals surface area contributed by atoms with Crippen molar-refractivity contribution in [2.45, 2.75) is 201 Å². The summed E-state index contributed by atoms with van der Waals surface area (Å²) < 4.78 is 0. The van der Waals surface area contributed by atoms with Gasteiger partial charge in [-0.25, -0.2) is 0 Å². The van der Waals surface area contributed by atoms with Gasteiger partial charge in [0.2, 0.25) is 11.8 Å². The molecular formula is C42H81N3O4. The van der Waals surface area contributed by atoms with Crippen molar-refractivity contribution in [1.82, 2.24) is 16.0 Å². The number of carbonyl (C=O) groups is 3. The summed E-state index contributed by atoms with van der Waals surface area (Å²) in [6.45, 7) is 8.39. The van der Waals surface area contributed by atoms with Crippen LogP contribution in [-0.2, 0) is 14.4 Å². The zero-order valence-electron chi connectivity index (χ0n) is 32.6. The molecule has 2 amide bonds. The molecule has 0 aromatic heterocycles. The van der Waals surface area contributed by atoms with Crippen molar-refractivity contribution in [2.75, 3.05) is 26.2 Å². The Kier molecular flexibility index (Phi) is 43.8. The average Bonchev–Trinajstić information content (AvgIpc) is 3.07. The number of rotatable bonds is 36. The Labute approximate surface area is 303 Å². The molecule has 0 heterocycles. The Morgan fingerprint density at radius 3 is 1.00 bits per heavy atom. The van der Waals surface area contributed by atoms with E-state index in [-0.39, 0.29) is 11.8 Å². The fourth-order valence-electron chi connectivity index (χ4n) is 5.59. The standard InChI is InChI=1S/C40H77N3O2.C2H4O2/c1-3-5-7-9-11-13-15-17-19-21-23-25-27-29-31-33-39(44)42-37-35-41-36-38-43-40(45)34-32-30-28-26-24-22-20-18-16-14-12-10-8-6-4-2;1-2(3)4/h17-20,41H,3-16,21-38H2,1-2H3,(H,42,44)(H,43,45);1H3,(H,3,4). The number of amides is 2. The summed E-state index contributed by atoms with van der Waals surface area (Å²) in [6.07, 6.45) is 43.9. The molecular weight excluding hydrogens is 610 g/mol. The van der Waals surface area contributed by atoms with Crippen LogP contribution in [0.1, 0.15) is 201 Å². The van der Waals surface area contributed by atoms with Gasteiger partial charge in [0.25, 0.3) is 5.97 Å². The number of aliphatic carboxylic acids is 1. The van der Waals surface area contributed by atoms with Crippen LogP contribution in [0.2, 0.25) is 0 Å². The van der Waals surface area contributed by atoms with E-state index in [1.54, 1.807) is 0 Å². The Morgan fingerprint density at radius 1 is 0.429 bits per heavy atom. The van der Waals surface area contributed by atoms with Crippen LogP contribution >= 0.6 is 0 Å². The Bertz CT molecular complexity index is 709. The quantitative estimate of drug-likeness (QED) is 0.0386. The van der Waals surface area contributed by atoms with Crippen LogP contribution in [0.25, 0.3) is 0 Å². The normalized spacial score (nSPS) is 11.2. The lowest BCUT2D eigenvalue weighted by atomic mass is 10.1. The minimum atomic E-state index is -0.833. The average molecular weight is 692 g/mol. The third-order valence-corrected chi connectivity index (χ3v) is 8.58. The van der Waals surface area contributed by atoms with Crippen LogP contribution in [0.15, 0.2) is 24.3 Å². The van der Waals surface area contributed by atoms with Gasteiger partial charge in [-0.05, 0) is 64.2 Å². The number of carbonyl (C=O) groups excluding carboxylic acids is 2. The molecule has 0 saturated carbocycles. The zero-order valence-corrected chi connectivity index (χ0v) is 32.6. The molecule has 0 aliphatic heterocycles. The van der Waals surface area contributed by atoms with Gasteiger partial charge in [0.05, 0.1) is 0 Å². The molecule has 0 aliphatic carbocycles. The zero-order chi connectivity index (χ0) is 36.3. The molecule has 4 N–H and O–H groups in total. The van der Waals surface area contributed by atoms with Crippen LogP contribution in [0.5, 0.6) is 0 Å². The highest BCUT2D eigenvalue weighted by Crippen LogP contribution is 2.11. The first-order valence-corrected chi connectivity index (χ1v) is 20.7. The second-order valence-corrected chi connectivity index (χ2v) is 13.6. The van der Waals surface area contributed by atoms with Crippen molar-refractivity contribution >= 4 is 17.8 Å². The second kappa shape index (κ2) is 43.9. The summed E-state index contributed by atoms with van der Waals surface area (Å²) in [4.78, 5) is 33.1. The molecule has 7 nitrogen and oxygen atoms in total. The number of unbranched alkanes of at least 4 members (excludes halogenated alkanes) is 22. The third kappa shape index (κ3) is 50.3. The maximum Gasteiger partial charge on any atom is 0.300 e. The fourth-order valence-corrected chi connectivity index (χ4v) is 5.59. The van der Waals surface area contributed by atoms with E-state index in [0.717, 1.165) is 45.7 Å². The van der Waals surface area contributed by atoms with Crippen molar-refractivity contribution in [3.05, 3.63) is 24.3 Å². The summed E-state index contributed by atoms with van der Waals surface area (Å²) in [5.41, 5.74) is 0. The van der Waals surface area contributed by atoms with Crippen LogP contribution in [-0.4, -0.2) is 49.1 Å². The first-order chi connectivity index (χ1) is 23.9. The van der Waals surface area contributed by atoms with Gasteiger partial charge in [-0.1, -0.05) is 141 Å². The molecule has 0 aliphatic rings. The maximum absolute atomic E-state index is 12.0. The van der Waals surface area contributed by atoms with Crippen molar-refractivity contribution in [2.24, 2.45) is 0 Å². The minimum Gasteiger partial charge on any atom is -0.481 e. The summed E-state index contributed by atoms with van der Waals surface area (Å²) in [5, 5.41) is 16.7.